The number of carboxylic acids is 2. The normalized spacial score (nSPS) is 12.4. The van der Waals surface area contributed by atoms with Gasteiger partial charge in [-0.2, -0.15) is 19.9 Å². The molecule has 6 aromatic rings. The van der Waals surface area contributed by atoms with Crippen LogP contribution in [0.4, 0.5) is 29.2 Å². The van der Waals surface area contributed by atoms with Gasteiger partial charge in [0.15, 0.2) is 34.0 Å². The van der Waals surface area contributed by atoms with E-state index in [1.54, 1.807) is 60.9 Å². The van der Waals surface area contributed by atoms with E-state index in [9.17, 15) is 39.0 Å². The smallest absolute Gasteiger partial charge is 0.326 e. The molecule has 29 heteroatoms. The quantitative estimate of drug-likeness (QED) is 0.0247. The Morgan fingerprint density at radius 2 is 1.06 bits per heavy atom. The Morgan fingerprint density at radius 1 is 0.581 bits per heavy atom. The zero-order valence-electron chi connectivity index (χ0n) is 48.6. The maximum absolute atomic E-state index is 13.1. The lowest BCUT2D eigenvalue weighted by Crippen LogP contribution is -2.41. The van der Waals surface area contributed by atoms with E-state index in [0.29, 0.717) is 106 Å². The van der Waals surface area contributed by atoms with Crippen molar-refractivity contribution in [1.82, 2.24) is 66.0 Å². The number of benzene rings is 2. The largest absolute Gasteiger partial charge is 0.480 e. The van der Waals surface area contributed by atoms with Crippen LogP contribution < -0.4 is 54.8 Å². The molecule has 0 aliphatic rings. The van der Waals surface area contributed by atoms with E-state index >= 15 is 0 Å². The van der Waals surface area contributed by atoms with Gasteiger partial charge in [0.25, 0.3) is 11.8 Å². The molecule has 4 amide bonds. The third-order valence-electron chi connectivity index (χ3n) is 13.9. The molecule has 29 nitrogen and oxygen atoms in total. The van der Waals surface area contributed by atoms with E-state index in [4.69, 9.17) is 38.1 Å². The average molecular weight is 1190 g/mol. The van der Waals surface area contributed by atoms with Gasteiger partial charge in [0.2, 0.25) is 23.7 Å². The van der Waals surface area contributed by atoms with Crippen LogP contribution in [-0.4, -0.2) is 175 Å². The second-order valence-corrected chi connectivity index (χ2v) is 20.6. The number of unbranched alkanes of at least 4 members (excludes halogenated alkanes) is 4. The van der Waals surface area contributed by atoms with E-state index in [-0.39, 0.29) is 83.7 Å². The lowest BCUT2D eigenvalue weighted by molar-refractivity contribution is -0.140. The number of aliphatic carboxylic acids is 2. The molecule has 4 aromatic heterocycles. The number of nitrogens with zero attached hydrogens (tertiary/aromatic N) is 10. The molecular formula is C57H79N19O10. The molecule has 0 saturated carbocycles. The number of nitrogens with two attached hydrogens (primary N) is 5. The van der Waals surface area contributed by atoms with Gasteiger partial charge in [0.1, 0.15) is 12.1 Å². The molecule has 3 atom stereocenters. The Morgan fingerprint density at radius 3 is 1.56 bits per heavy atom. The van der Waals surface area contributed by atoms with Crippen molar-refractivity contribution in [2.45, 2.75) is 102 Å². The number of amides is 4. The number of nitrogen functional groups attached to an aromatic ring is 4. The van der Waals surface area contributed by atoms with Crippen molar-refractivity contribution >= 4 is 87.1 Å². The van der Waals surface area contributed by atoms with Crippen LogP contribution in [-0.2, 0) is 41.6 Å². The van der Waals surface area contributed by atoms with E-state index < -0.39 is 35.8 Å². The maximum atomic E-state index is 13.1. The van der Waals surface area contributed by atoms with Crippen molar-refractivity contribution in [2.75, 3.05) is 101 Å². The number of nitrogens with one attached hydrogen (secondary N) is 4. The number of hydrogen-bond acceptors (Lipinski definition) is 23. The van der Waals surface area contributed by atoms with Gasteiger partial charge in [-0.3, -0.25) is 19.2 Å². The van der Waals surface area contributed by atoms with E-state index in [0.717, 1.165) is 50.0 Å². The van der Waals surface area contributed by atoms with Crippen molar-refractivity contribution in [1.29, 1.82) is 0 Å². The average Bonchev–Trinajstić information content (AvgIpc) is 2.94. The molecule has 1 unspecified atom stereocenters. The highest BCUT2D eigenvalue weighted by atomic mass is 16.5. The van der Waals surface area contributed by atoms with Crippen LogP contribution in [0.15, 0.2) is 60.9 Å². The number of aromatic nitrogens is 8. The van der Waals surface area contributed by atoms with Crippen molar-refractivity contribution in [3.8, 4) is 0 Å². The molecule has 86 heavy (non-hydrogen) atoms. The highest BCUT2D eigenvalue weighted by molar-refractivity contribution is 5.97. The first-order chi connectivity index (χ1) is 41.4. The van der Waals surface area contributed by atoms with Crippen LogP contribution >= 0.6 is 0 Å². The van der Waals surface area contributed by atoms with Crippen LogP contribution in [0, 0.1) is 0 Å². The predicted molar refractivity (Wildman–Crippen MR) is 322 cm³/mol. The van der Waals surface area contributed by atoms with Crippen LogP contribution in [0.1, 0.15) is 115 Å². The Hall–Kier alpha value is -9.06. The third-order valence-corrected chi connectivity index (χ3v) is 13.9. The Bertz CT molecular complexity index is 3010. The Labute approximate surface area is 497 Å². The third kappa shape index (κ3) is 21.5. The minimum Gasteiger partial charge on any atom is -0.480 e. The van der Waals surface area contributed by atoms with Crippen LogP contribution in [0.5, 0.6) is 0 Å². The minimum absolute atomic E-state index is 0.00126. The SMILES string of the molecule is CC(Cc1cnc2nc(N)nc(N)c2n1)c1ccc(C(=O)N[C@H](CCC(=O)NCCCCCN(CCCCCNC(=O)CC[C@H](NC(=O)c2ccc(N(C)Cc3cnc4nc(N)nc(N)c4n3)cc2)C(=O)O)CCOCCOCCN)C(=O)O)cc1. The lowest BCUT2D eigenvalue weighted by Gasteiger charge is -2.22. The van der Waals surface area contributed by atoms with Crippen molar-refractivity contribution in [3.63, 3.8) is 0 Å². The second kappa shape index (κ2) is 34.0. The molecule has 0 fully saturated rings. The fourth-order valence-corrected chi connectivity index (χ4v) is 9.13. The molecule has 0 aliphatic heterocycles. The standard InChI is InChI=1S/C57H79N19O10/c1-35(31-39-32-65-50-46(67-39)48(59)71-56(61)73-50)36-9-11-37(12-10-36)52(79)69-42(54(81)82)17-19-44(77)63-22-5-3-7-24-76(26-28-86-30-29-85-27-21-58)25-8-4-6-23-64-45(78)20-18-43(55(83)84)70-53(80)38-13-15-41(16-14-38)75(2)34-40-33-66-51-47(68-40)49(60)72-57(62)74-51/h9-16,32-33,35,42-43H,3-8,17-31,34,58H2,1-2H3,(H,63,77)(H,64,78)(H,69,79)(H,70,80)(H,81,82)(H,83,84)(H4,59,61,65,71,73)(H4,60,62,66,72,74)/t35?,42-,43+/m1/s1. The number of carboxylic acid groups (broad SMARTS) is 2. The molecule has 462 valence electrons. The fraction of sp³-hybridized carbons (Fsp3) is 0.474. The molecule has 4 heterocycles. The Balaban J connectivity index is 0.839. The van der Waals surface area contributed by atoms with E-state index in [1.165, 1.54) is 0 Å². The molecule has 0 radical (unpaired) electrons. The first-order valence-corrected chi connectivity index (χ1v) is 28.6. The summed E-state index contributed by atoms with van der Waals surface area (Å²) in [6.45, 7) is 7.72. The van der Waals surface area contributed by atoms with Crippen molar-refractivity contribution < 1.29 is 48.5 Å². The van der Waals surface area contributed by atoms with Crippen LogP contribution in [0.3, 0.4) is 0 Å². The zero-order chi connectivity index (χ0) is 62.0. The molecule has 0 spiro atoms. The topological polar surface area (TPSA) is 449 Å². The van der Waals surface area contributed by atoms with Gasteiger partial charge in [-0.25, -0.2) is 29.5 Å². The van der Waals surface area contributed by atoms with Crippen LogP contribution in [0.2, 0.25) is 0 Å². The number of ether oxygens (including phenoxy) is 2. The van der Waals surface area contributed by atoms with Gasteiger partial charge >= 0.3 is 11.9 Å². The Kier molecular flexibility index (Phi) is 26.2. The number of hydrogen-bond donors (Lipinski definition) is 11. The van der Waals surface area contributed by atoms with E-state index in [2.05, 4.69) is 66.0 Å². The number of fused-ring (bicyclic) bond motifs is 2. The fourth-order valence-electron chi connectivity index (χ4n) is 9.13. The summed E-state index contributed by atoms with van der Waals surface area (Å²) in [4.78, 5) is 114. The summed E-state index contributed by atoms with van der Waals surface area (Å²) in [5, 5.41) is 30.5. The molecular weight excluding hydrogens is 1110 g/mol. The first kappa shape index (κ1) is 66.1. The minimum atomic E-state index is -1.28. The van der Waals surface area contributed by atoms with E-state index in [1.807, 2.05) is 18.9 Å². The monoisotopic (exact) mass is 1190 g/mol. The highest BCUT2D eigenvalue weighted by Crippen LogP contribution is 2.23. The number of carbonyl (C=O) groups is 6. The lowest BCUT2D eigenvalue weighted by atomic mass is 9.95. The first-order valence-electron chi connectivity index (χ1n) is 28.6. The highest BCUT2D eigenvalue weighted by Gasteiger charge is 2.24. The summed E-state index contributed by atoms with van der Waals surface area (Å²) in [5.74, 6) is -4.07. The van der Waals surface area contributed by atoms with Gasteiger partial charge in [0, 0.05) is 62.9 Å². The summed E-state index contributed by atoms with van der Waals surface area (Å²) in [5.41, 5.74) is 33.4. The van der Waals surface area contributed by atoms with Crippen molar-refractivity contribution in [3.05, 3.63) is 89.0 Å². The molecule has 0 aliphatic carbocycles. The molecule has 6 rings (SSSR count). The number of carbonyl (C=O) groups excluding carboxylic acids is 4. The summed E-state index contributed by atoms with van der Waals surface area (Å²) >= 11 is 0. The molecule has 2 aromatic carbocycles. The zero-order valence-corrected chi connectivity index (χ0v) is 48.6. The van der Waals surface area contributed by atoms with Gasteiger partial charge in [-0.1, -0.05) is 31.9 Å². The molecule has 0 saturated heterocycles. The second-order valence-electron chi connectivity index (χ2n) is 20.6. The van der Waals surface area contributed by atoms with Crippen LogP contribution in [0.25, 0.3) is 22.3 Å². The molecule has 16 N–H and O–H groups in total. The van der Waals surface area contributed by atoms with Gasteiger partial charge in [0.05, 0.1) is 56.8 Å². The summed E-state index contributed by atoms with van der Waals surface area (Å²) in [6.07, 6.45) is 8.06. The summed E-state index contributed by atoms with van der Waals surface area (Å²) in [6, 6.07) is 10.8. The van der Waals surface area contributed by atoms with Crippen molar-refractivity contribution in [2.24, 2.45) is 5.73 Å². The van der Waals surface area contributed by atoms with Gasteiger partial charge in [-0.05, 0) is 106 Å². The maximum Gasteiger partial charge on any atom is 0.326 e. The summed E-state index contributed by atoms with van der Waals surface area (Å²) in [7, 11) is 1.83. The predicted octanol–water partition coefficient (Wildman–Crippen LogP) is 1.96. The number of anilines is 5. The summed E-state index contributed by atoms with van der Waals surface area (Å²) < 4.78 is 11.2. The molecule has 0 bridgehead atoms. The van der Waals surface area contributed by atoms with Gasteiger partial charge in [-0.15, -0.1) is 0 Å². The van der Waals surface area contributed by atoms with Gasteiger partial charge < -0.3 is 79.4 Å². The number of rotatable bonds is 38.